The number of fused-ring (bicyclic) bond motifs is 2. The van der Waals surface area contributed by atoms with Crippen LogP contribution in [0, 0.1) is 45.3 Å². The molecule has 0 saturated carbocycles. The summed E-state index contributed by atoms with van der Waals surface area (Å²) in [5, 5.41) is 52.9. The molecule has 0 amide bonds. The van der Waals surface area contributed by atoms with Crippen molar-refractivity contribution in [3.8, 4) is 24.3 Å². The lowest BCUT2D eigenvalue weighted by Gasteiger charge is -2.29. The quantitative estimate of drug-likeness (QED) is 0.0662. The van der Waals surface area contributed by atoms with Crippen molar-refractivity contribution in [1.29, 1.82) is 21.0 Å². The molecule has 1 aliphatic rings. The van der Waals surface area contributed by atoms with Crippen LogP contribution in [-0.4, -0.2) is 56.1 Å². The molecular formula is C52H48N6O6. The number of rotatable bonds is 18. The van der Waals surface area contributed by atoms with Gasteiger partial charge in [0, 0.05) is 41.9 Å². The Kier molecular flexibility index (Phi) is 15.1. The van der Waals surface area contributed by atoms with Gasteiger partial charge < -0.3 is 24.4 Å². The maximum Gasteiger partial charge on any atom is 0.306 e. The Labute approximate surface area is 372 Å². The molecule has 5 aromatic carbocycles. The van der Waals surface area contributed by atoms with E-state index in [9.17, 15) is 40.5 Å². The molecule has 1 atom stereocenters. The number of allylic oxidation sites excluding steroid dienone is 2. The molecule has 12 nitrogen and oxygen atoms in total. The molecule has 1 N–H and O–H groups in total. The maximum absolute atomic E-state index is 13.3. The smallest absolute Gasteiger partial charge is 0.306 e. The summed E-state index contributed by atoms with van der Waals surface area (Å²) in [4.78, 5) is 42.8. The zero-order chi connectivity index (χ0) is 45.8. The fourth-order valence-corrected chi connectivity index (χ4v) is 7.95. The van der Waals surface area contributed by atoms with Gasteiger partial charge in [-0.1, -0.05) is 87.4 Å². The number of anilines is 2. The first-order valence-corrected chi connectivity index (χ1v) is 21.4. The number of nitriles is 4. The Morgan fingerprint density at radius 2 is 1.20 bits per heavy atom. The third-order valence-corrected chi connectivity index (χ3v) is 11.4. The first kappa shape index (κ1) is 45.6. The van der Waals surface area contributed by atoms with Crippen LogP contribution in [-0.2, 0) is 30.5 Å². The third-order valence-electron chi connectivity index (χ3n) is 11.4. The van der Waals surface area contributed by atoms with Gasteiger partial charge in [0.2, 0.25) is 0 Å². The predicted octanol–water partition coefficient (Wildman–Crippen LogP) is 7.93. The highest BCUT2D eigenvalue weighted by molar-refractivity contribution is 6.32. The number of carbonyl (C=O) groups is 3. The fourth-order valence-electron chi connectivity index (χ4n) is 7.95. The summed E-state index contributed by atoms with van der Waals surface area (Å²) in [6, 6.07) is 34.9. The topological polar surface area (TPSA) is 192 Å². The molecule has 64 heavy (non-hydrogen) atoms. The third kappa shape index (κ3) is 9.89. The molecule has 0 aliphatic heterocycles. The predicted molar refractivity (Wildman–Crippen MR) is 245 cm³/mol. The molecule has 322 valence electrons. The lowest BCUT2D eigenvalue weighted by molar-refractivity contribution is -0.150. The van der Waals surface area contributed by atoms with Crippen LogP contribution >= 0.6 is 0 Å². The van der Waals surface area contributed by atoms with E-state index in [-0.39, 0.29) is 48.7 Å². The number of hydrogen-bond acceptors (Lipinski definition) is 12. The van der Waals surface area contributed by atoms with Gasteiger partial charge >= 0.3 is 11.9 Å². The van der Waals surface area contributed by atoms with Crippen LogP contribution in [0.1, 0.15) is 75.0 Å². The highest BCUT2D eigenvalue weighted by atomic mass is 16.5. The number of esters is 2. The molecule has 6 rings (SSSR count). The molecule has 0 fully saturated rings. The Morgan fingerprint density at radius 3 is 1.75 bits per heavy atom. The van der Waals surface area contributed by atoms with E-state index in [1.807, 2.05) is 84.8 Å². The Morgan fingerprint density at radius 1 is 0.672 bits per heavy atom. The van der Waals surface area contributed by atoms with Crippen LogP contribution in [0.2, 0.25) is 0 Å². The largest absolute Gasteiger partial charge is 0.510 e. The van der Waals surface area contributed by atoms with Crippen LogP contribution in [0.5, 0.6) is 0 Å². The number of Topliss-reactive ketones (excluding diaryl/α,β-unsaturated/α-hetero) is 1. The molecule has 0 saturated heterocycles. The molecule has 5 aromatic rings. The lowest BCUT2D eigenvalue weighted by Crippen LogP contribution is -2.29. The van der Waals surface area contributed by atoms with Crippen LogP contribution in [0.15, 0.2) is 96.8 Å². The van der Waals surface area contributed by atoms with Gasteiger partial charge in [-0.15, -0.1) is 0 Å². The summed E-state index contributed by atoms with van der Waals surface area (Å²) in [7, 11) is 1.84. The van der Waals surface area contributed by atoms with Crippen molar-refractivity contribution in [2.75, 3.05) is 43.1 Å². The lowest BCUT2D eigenvalue weighted by atomic mass is 9.75. The minimum Gasteiger partial charge on any atom is -0.510 e. The number of benzene rings is 5. The van der Waals surface area contributed by atoms with Gasteiger partial charge in [-0.2, -0.15) is 21.0 Å². The number of ether oxygens (including phenoxy) is 2. The van der Waals surface area contributed by atoms with Crippen molar-refractivity contribution >= 4 is 67.4 Å². The summed E-state index contributed by atoms with van der Waals surface area (Å²) in [6.45, 7) is 6.57. The van der Waals surface area contributed by atoms with Gasteiger partial charge in [0.1, 0.15) is 60.3 Å². The van der Waals surface area contributed by atoms with E-state index in [0.717, 1.165) is 50.1 Å². The van der Waals surface area contributed by atoms with Crippen molar-refractivity contribution in [2.24, 2.45) is 0 Å². The van der Waals surface area contributed by atoms with E-state index >= 15 is 0 Å². The van der Waals surface area contributed by atoms with E-state index < -0.39 is 17.9 Å². The molecule has 1 aliphatic carbocycles. The van der Waals surface area contributed by atoms with Crippen LogP contribution < -0.4 is 20.2 Å². The molecule has 0 aromatic heterocycles. The second-order valence-electron chi connectivity index (χ2n) is 15.6. The van der Waals surface area contributed by atoms with Crippen molar-refractivity contribution in [3.05, 3.63) is 124 Å². The fraction of sp³-hybridized carbons (Fsp3) is 0.288. The second kappa shape index (κ2) is 21.2. The number of likely N-dealkylation sites (N-methyl/N-ethyl adjacent to an activating group) is 1. The monoisotopic (exact) mass is 852 g/mol. The number of aliphatic hydroxyl groups excluding tert-OH is 1. The van der Waals surface area contributed by atoms with Crippen molar-refractivity contribution in [2.45, 2.75) is 64.9 Å². The first-order chi connectivity index (χ1) is 31.1. The number of aliphatic hydroxyl groups is 1. The standard InChI is InChI=1S/C52H48N6O6/c1-4-6-24-58(25-7-5-2)40-19-15-36(16-20-40)50-51(61)49(52(50)62)35-13-17-39(18-14-35)57(3)26-27-63-45(59)22-23-46(60)64-33-34-12-21-43-44(28-34)48(38(31-55)32-56)42-11-9-8-10-41(42)47(43)37(29-53)30-54/h8-21,28,49,61H,4-7,22-27,33H2,1-3H3. The molecule has 0 radical (unpaired) electrons. The van der Waals surface area contributed by atoms with Gasteiger partial charge in [-0.3, -0.25) is 14.4 Å². The van der Waals surface area contributed by atoms with Crippen molar-refractivity contribution < 1.29 is 29.0 Å². The number of nitrogens with zero attached hydrogens (tertiary/aromatic N) is 6. The highest BCUT2D eigenvalue weighted by Gasteiger charge is 2.41. The van der Waals surface area contributed by atoms with E-state index in [2.05, 4.69) is 18.7 Å². The van der Waals surface area contributed by atoms with Crippen molar-refractivity contribution in [3.63, 3.8) is 0 Å². The highest BCUT2D eigenvalue weighted by Crippen LogP contribution is 2.43. The van der Waals surface area contributed by atoms with Crippen LogP contribution in [0.3, 0.4) is 0 Å². The summed E-state index contributed by atoms with van der Waals surface area (Å²) in [5.74, 6) is -2.00. The van der Waals surface area contributed by atoms with Crippen LogP contribution in [0.4, 0.5) is 11.4 Å². The Bertz CT molecular complexity index is 2890. The molecule has 0 spiro atoms. The van der Waals surface area contributed by atoms with Crippen molar-refractivity contribution in [1.82, 2.24) is 0 Å². The Balaban J connectivity index is 1.00. The zero-order valence-corrected chi connectivity index (χ0v) is 36.2. The van der Waals surface area contributed by atoms with Gasteiger partial charge in [0.15, 0.2) is 5.78 Å². The minimum atomic E-state index is -0.722. The van der Waals surface area contributed by atoms with E-state index in [0.29, 0.717) is 60.8 Å². The molecule has 0 bridgehead atoms. The van der Waals surface area contributed by atoms with Gasteiger partial charge in [-0.05, 0) is 81.4 Å². The van der Waals surface area contributed by atoms with Gasteiger partial charge in [-0.25, -0.2) is 0 Å². The average molecular weight is 853 g/mol. The summed E-state index contributed by atoms with van der Waals surface area (Å²) in [5.41, 5.74) is 3.92. The second-order valence-corrected chi connectivity index (χ2v) is 15.6. The zero-order valence-electron chi connectivity index (χ0n) is 36.2. The summed E-state index contributed by atoms with van der Waals surface area (Å²) in [6.07, 6.45) is 4.03. The van der Waals surface area contributed by atoms with Gasteiger partial charge in [0.05, 0.1) is 25.0 Å². The number of unbranched alkanes of at least 4 members (excludes halogenated alkanes) is 2. The maximum atomic E-state index is 13.3. The average Bonchev–Trinajstić information content (AvgIpc) is 3.32. The molecule has 0 heterocycles. The van der Waals surface area contributed by atoms with E-state index in [4.69, 9.17) is 9.47 Å². The molecule has 1 unspecified atom stereocenters. The number of hydrogen-bond donors (Lipinski definition) is 1. The Hall–Kier alpha value is -7.93. The molecule has 12 heteroatoms. The minimum absolute atomic E-state index is 0.0606. The van der Waals surface area contributed by atoms with E-state index in [1.54, 1.807) is 42.5 Å². The SMILES string of the molecule is CCCCN(CCCC)c1ccc(C2=C(O)C(c3ccc(N(C)CCOC(=O)CCC(=O)OCc4ccc5c(=C(C#N)C#N)c6ccccc6c(=C(C#N)C#N)c5c4)cc3)C2=O)cc1. The van der Waals surface area contributed by atoms with Gasteiger partial charge in [0.25, 0.3) is 0 Å². The summed E-state index contributed by atoms with van der Waals surface area (Å²) < 4.78 is 10.8. The molecular weight excluding hydrogens is 805 g/mol. The van der Waals surface area contributed by atoms with E-state index in [1.165, 1.54) is 0 Å². The number of ketones is 1. The number of carbonyl (C=O) groups excluding carboxylic acids is 3. The summed E-state index contributed by atoms with van der Waals surface area (Å²) >= 11 is 0. The normalized spacial score (nSPS) is 12.9. The van der Waals surface area contributed by atoms with Crippen LogP contribution in [0.25, 0.3) is 38.3 Å². The first-order valence-electron chi connectivity index (χ1n) is 21.4.